The van der Waals surface area contributed by atoms with E-state index in [-0.39, 0.29) is 11.8 Å². The van der Waals surface area contributed by atoms with Crippen molar-refractivity contribution in [2.75, 3.05) is 13.7 Å². The van der Waals surface area contributed by atoms with E-state index in [1.165, 1.54) is 17.1 Å². The number of hydrogen-bond donors (Lipinski definition) is 0. The molecule has 1 aliphatic heterocycles. The Kier molecular flexibility index (Phi) is 4.35. The maximum atomic E-state index is 12.0. The predicted octanol–water partition coefficient (Wildman–Crippen LogP) is 2.33. The molecule has 0 atom stereocenters. The third-order valence-electron chi connectivity index (χ3n) is 3.16. The van der Waals surface area contributed by atoms with E-state index in [0.717, 1.165) is 16.9 Å². The molecule has 0 bridgehead atoms. The fourth-order valence-corrected chi connectivity index (χ4v) is 2.14. The molecule has 0 N–H and O–H groups in total. The van der Waals surface area contributed by atoms with Gasteiger partial charge in [0.1, 0.15) is 5.75 Å². The first-order valence-corrected chi connectivity index (χ1v) is 6.47. The smallest absolute Gasteiger partial charge is 0.253 e. The topological polar surface area (TPSA) is 46.6 Å². The highest BCUT2D eigenvalue weighted by Gasteiger charge is 2.18. The van der Waals surface area contributed by atoms with Crippen molar-refractivity contribution in [1.82, 2.24) is 4.90 Å². The van der Waals surface area contributed by atoms with Crippen LogP contribution in [0.2, 0.25) is 0 Å². The summed E-state index contributed by atoms with van der Waals surface area (Å²) in [5.74, 6) is 0.173. The zero-order chi connectivity index (χ0) is 14.5. The summed E-state index contributed by atoms with van der Waals surface area (Å²) < 4.78 is 5.32. The molecule has 0 radical (unpaired) electrons. The Balaban J connectivity index is 2.17. The van der Waals surface area contributed by atoms with Crippen LogP contribution in [0, 0.1) is 6.92 Å². The van der Waals surface area contributed by atoms with Crippen molar-refractivity contribution in [3.8, 4) is 5.75 Å². The Bertz CT molecular complexity index is 587. The molecule has 1 aliphatic rings. The summed E-state index contributed by atoms with van der Waals surface area (Å²) in [7, 11) is 1.60. The number of hydrogen-bond acceptors (Lipinski definition) is 3. The van der Waals surface area contributed by atoms with Gasteiger partial charge in [0.05, 0.1) is 7.11 Å². The van der Waals surface area contributed by atoms with E-state index in [9.17, 15) is 9.59 Å². The molecule has 4 nitrogen and oxygen atoms in total. The second kappa shape index (κ2) is 6.19. The fourth-order valence-electron chi connectivity index (χ4n) is 2.14. The van der Waals surface area contributed by atoms with Crippen LogP contribution < -0.4 is 4.74 Å². The van der Waals surface area contributed by atoms with Crippen molar-refractivity contribution in [2.24, 2.45) is 0 Å². The van der Waals surface area contributed by atoms with Gasteiger partial charge in [-0.3, -0.25) is 14.5 Å². The minimum absolute atomic E-state index is 0.262. The Morgan fingerprint density at radius 1 is 1.40 bits per heavy atom. The van der Waals surface area contributed by atoms with E-state index < -0.39 is 0 Å². The van der Waals surface area contributed by atoms with E-state index in [2.05, 4.69) is 0 Å². The first-order chi connectivity index (χ1) is 9.63. The summed E-state index contributed by atoms with van der Waals surface area (Å²) in [4.78, 5) is 24.8. The Morgan fingerprint density at radius 2 is 2.20 bits per heavy atom. The van der Waals surface area contributed by atoms with Crippen molar-refractivity contribution in [1.29, 1.82) is 0 Å². The van der Waals surface area contributed by atoms with Gasteiger partial charge < -0.3 is 4.74 Å². The van der Waals surface area contributed by atoms with Crippen molar-refractivity contribution in [3.63, 3.8) is 0 Å². The third-order valence-corrected chi connectivity index (χ3v) is 3.16. The van der Waals surface area contributed by atoms with E-state index >= 15 is 0 Å². The summed E-state index contributed by atoms with van der Waals surface area (Å²) in [6, 6.07) is 5.71. The molecule has 1 aromatic rings. The van der Waals surface area contributed by atoms with Gasteiger partial charge >= 0.3 is 0 Å². The average molecular weight is 271 g/mol. The highest BCUT2D eigenvalue weighted by atomic mass is 16.5. The lowest BCUT2D eigenvalue weighted by atomic mass is 10.1. The number of ether oxygens (including phenoxy) is 1. The number of imide groups is 1. The molecule has 0 spiro atoms. The summed E-state index contributed by atoms with van der Waals surface area (Å²) >= 11 is 0. The second-order valence-electron chi connectivity index (χ2n) is 4.55. The predicted molar refractivity (Wildman–Crippen MR) is 77.2 cm³/mol. The first kappa shape index (κ1) is 14.1. The molecule has 0 aliphatic carbocycles. The van der Waals surface area contributed by atoms with Crippen LogP contribution in [0.15, 0.2) is 36.4 Å². The van der Waals surface area contributed by atoms with Gasteiger partial charge in [0.2, 0.25) is 0 Å². The molecular formula is C16H17NO3. The van der Waals surface area contributed by atoms with Crippen molar-refractivity contribution in [2.45, 2.75) is 13.3 Å². The fraction of sp³-hybridized carbons (Fsp3) is 0.250. The number of rotatable bonds is 3. The number of carbonyl (C=O) groups excluding carboxylic acids is 2. The average Bonchev–Trinajstić information content (AvgIpc) is 2.45. The number of benzene rings is 1. The van der Waals surface area contributed by atoms with Crippen LogP contribution in [0.3, 0.4) is 0 Å². The van der Waals surface area contributed by atoms with E-state index in [1.54, 1.807) is 19.3 Å². The molecule has 104 valence electrons. The normalized spacial score (nSPS) is 14.9. The van der Waals surface area contributed by atoms with Gasteiger partial charge in [0.25, 0.3) is 11.8 Å². The maximum Gasteiger partial charge on any atom is 0.253 e. The van der Waals surface area contributed by atoms with Gasteiger partial charge in [0.15, 0.2) is 0 Å². The third kappa shape index (κ3) is 2.96. The van der Waals surface area contributed by atoms with Crippen LogP contribution in [-0.4, -0.2) is 30.4 Å². The van der Waals surface area contributed by atoms with Crippen LogP contribution in [-0.2, 0) is 9.59 Å². The number of amides is 2. The van der Waals surface area contributed by atoms with E-state index in [1.807, 2.05) is 25.1 Å². The van der Waals surface area contributed by atoms with Crippen LogP contribution in [0.5, 0.6) is 5.75 Å². The van der Waals surface area contributed by atoms with Gasteiger partial charge in [-0.2, -0.15) is 0 Å². The molecule has 20 heavy (non-hydrogen) atoms. The molecule has 0 fully saturated rings. The van der Waals surface area contributed by atoms with Gasteiger partial charge in [-0.25, -0.2) is 0 Å². The molecule has 0 saturated heterocycles. The minimum atomic E-state index is -0.303. The molecule has 0 saturated carbocycles. The number of nitrogens with zero attached hydrogens (tertiary/aromatic N) is 1. The largest absolute Gasteiger partial charge is 0.496 e. The lowest BCUT2D eigenvalue weighted by Gasteiger charge is -2.19. The van der Waals surface area contributed by atoms with E-state index in [4.69, 9.17) is 4.74 Å². The number of aryl methyl sites for hydroxylation is 1. The number of methoxy groups -OCH3 is 1. The summed E-state index contributed by atoms with van der Waals surface area (Å²) in [6.07, 6.45) is 7.01. The van der Waals surface area contributed by atoms with Crippen molar-refractivity contribution < 1.29 is 14.3 Å². The molecular weight excluding hydrogens is 254 g/mol. The highest BCUT2D eigenvalue weighted by Crippen LogP contribution is 2.24. The Labute approximate surface area is 118 Å². The molecule has 0 aromatic heterocycles. The van der Waals surface area contributed by atoms with Gasteiger partial charge in [-0.05, 0) is 31.1 Å². The highest BCUT2D eigenvalue weighted by molar-refractivity contribution is 6.07. The molecule has 1 aromatic carbocycles. The van der Waals surface area contributed by atoms with Crippen molar-refractivity contribution in [3.05, 3.63) is 47.6 Å². The molecule has 4 heteroatoms. The quantitative estimate of drug-likeness (QED) is 0.793. The standard InChI is InChI=1S/C16H17NO3/c1-12-6-5-7-13(16(12)20-2)9-10-15(19)17-11-4-3-8-14(17)18/h3,5-10H,4,11H2,1-2H3/b10-9+. The molecule has 2 amide bonds. The summed E-state index contributed by atoms with van der Waals surface area (Å²) in [6.45, 7) is 2.38. The monoisotopic (exact) mass is 271 g/mol. The van der Waals surface area contributed by atoms with Crippen LogP contribution in [0.4, 0.5) is 0 Å². The Morgan fingerprint density at radius 3 is 2.90 bits per heavy atom. The lowest BCUT2D eigenvalue weighted by Crippen LogP contribution is -2.37. The number of para-hydroxylation sites is 1. The number of carbonyl (C=O) groups is 2. The molecule has 1 heterocycles. The van der Waals surface area contributed by atoms with Gasteiger partial charge in [-0.15, -0.1) is 0 Å². The van der Waals surface area contributed by atoms with Crippen LogP contribution in [0.25, 0.3) is 6.08 Å². The summed E-state index contributed by atoms with van der Waals surface area (Å²) in [5, 5.41) is 0. The SMILES string of the molecule is COc1c(C)cccc1/C=C/C(=O)N1CCC=CC1=O. The van der Waals surface area contributed by atoms with E-state index in [0.29, 0.717) is 13.0 Å². The minimum Gasteiger partial charge on any atom is -0.496 e. The van der Waals surface area contributed by atoms with Gasteiger partial charge in [0, 0.05) is 18.2 Å². The van der Waals surface area contributed by atoms with Crippen LogP contribution >= 0.6 is 0 Å². The first-order valence-electron chi connectivity index (χ1n) is 6.47. The summed E-state index contributed by atoms with van der Waals surface area (Å²) in [5.41, 5.74) is 1.82. The maximum absolute atomic E-state index is 12.0. The zero-order valence-corrected chi connectivity index (χ0v) is 11.6. The zero-order valence-electron chi connectivity index (χ0n) is 11.6. The van der Waals surface area contributed by atoms with Crippen molar-refractivity contribution >= 4 is 17.9 Å². The Hall–Kier alpha value is -2.36. The second-order valence-corrected chi connectivity index (χ2v) is 4.55. The van der Waals surface area contributed by atoms with Gasteiger partial charge in [-0.1, -0.05) is 24.3 Å². The van der Waals surface area contributed by atoms with Crippen LogP contribution in [0.1, 0.15) is 17.5 Å². The molecule has 0 unspecified atom stereocenters. The lowest BCUT2D eigenvalue weighted by molar-refractivity contribution is -0.139. The molecule has 2 rings (SSSR count).